The van der Waals surface area contributed by atoms with Gasteiger partial charge in [0.05, 0.1) is 23.3 Å². The molecule has 1 atom stereocenters. The van der Waals surface area contributed by atoms with Gasteiger partial charge in [0.1, 0.15) is 11.6 Å². The second-order valence-electron chi connectivity index (χ2n) is 9.43. The molecule has 0 saturated carbocycles. The molecule has 0 aliphatic carbocycles. The predicted molar refractivity (Wildman–Crippen MR) is 135 cm³/mol. The molecule has 186 valence electrons. The molecule has 2 amide bonds. The van der Waals surface area contributed by atoms with Crippen molar-refractivity contribution in [2.24, 2.45) is 5.92 Å². The third-order valence-corrected chi connectivity index (χ3v) is 5.41. The van der Waals surface area contributed by atoms with Crippen molar-refractivity contribution in [1.82, 2.24) is 10.3 Å². The standard InChI is InChI=1S/C26H29ClFN3O4/c1-14(2)23(31-25(33)35-26(3,4)5)24(32)29-16-9-7-15(8-10-16)20-12-18(27)17-11-19(28)22(34-6)13-21(17)30-20/h7-14,23H,1-6H3,(H,29,32)(H,31,33). The Balaban J connectivity index is 1.78. The summed E-state index contributed by atoms with van der Waals surface area (Å²) in [5, 5.41) is 6.29. The van der Waals surface area contributed by atoms with Gasteiger partial charge in [-0.1, -0.05) is 37.6 Å². The van der Waals surface area contributed by atoms with Crippen LogP contribution in [0.2, 0.25) is 5.02 Å². The molecule has 1 heterocycles. The number of nitrogens with zero attached hydrogens (tertiary/aromatic N) is 1. The van der Waals surface area contributed by atoms with E-state index >= 15 is 0 Å². The van der Waals surface area contributed by atoms with Gasteiger partial charge in [-0.05, 0) is 51.0 Å². The number of benzene rings is 2. The first-order valence-corrected chi connectivity index (χ1v) is 11.5. The molecule has 0 aliphatic rings. The minimum atomic E-state index is -0.777. The van der Waals surface area contributed by atoms with Crippen LogP contribution in [-0.2, 0) is 9.53 Å². The number of carbonyl (C=O) groups excluding carboxylic acids is 2. The molecule has 2 aromatic carbocycles. The topological polar surface area (TPSA) is 89.5 Å². The van der Waals surface area contributed by atoms with Crippen LogP contribution < -0.4 is 15.4 Å². The average molecular weight is 502 g/mol. The lowest BCUT2D eigenvalue weighted by atomic mass is 10.0. The Bertz CT molecular complexity index is 1240. The molecule has 9 heteroatoms. The first-order valence-electron chi connectivity index (χ1n) is 11.1. The van der Waals surface area contributed by atoms with E-state index in [1.54, 1.807) is 51.1 Å². The normalized spacial score (nSPS) is 12.4. The minimum absolute atomic E-state index is 0.0796. The molecule has 7 nitrogen and oxygen atoms in total. The molecule has 0 saturated heterocycles. The number of amides is 2. The number of rotatable bonds is 6. The number of methoxy groups -OCH3 is 1. The Hall–Kier alpha value is -3.39. The fourth-order valence-electron chi connectivity index (χ4n) is 3.40. The molecular weight excluding hydrogens is 473 g/mol. The van der Waals surface area contributed by atoms with E-state index in [1.165, 1.54) is 19.2 Å². The van der Waals surface area contributed by atoms with Gasteiger partial charge in [-0.25, -0.2) is 14.2 Å². The molecule has 0 spiro atoms. The number of fused-ring (bicyclic) bond motifs is 1. The van der Waals surface area contributed by atoms with Gasteiger partial charge < -0.3 is 20.1 Å². The molecule has 2 N–H and O–H groups in total. The summed E-state index contributed by atoms with van der Waals surface area (Å²) in [5.41, 5.74) is 1.71. The Morgan fingerprint density at radius 3 is 2.31 bits per heavy atom. The second-order valence-corrected chi connectivity index (χ2v) is 9.83. The van der Waals surface area contributed by atoms with Crippen LogP contribution in [0.25, 0.3) is 22.2 Å². The molecule has 0 bridgehead atoms. The zero-order chi connectivity index (χ0) is 25.9. The molecule has 35 heavy (non-hydrogen) atoms. The monoisotopic (exact) mass is 501 g/mol. The summed E-state index contributed by atoms with van der Waals surface area (Å²) < 4.78 is 24.4. The van der Waals surface area contributed by atoms with E-state index in [0.717, 1.165) is 5.56 Å². The van der Waals surface area contributed by atoms with Crippen LogP contribution in [0.1, 0.15) is 34.6 Å². The van der Waals surface area contributed by atoms with Gasteiger partial charge >= 0.3 is 6.09 Å². The highest BCUT2D eigenvalue weighted by Gasteiger charge is 2.27. The maximum atomic E-state index is 14.0. The van der Waals surface area contributed by atoms with Crippen LogP contribution in [0.5, 0.6) is 5.75 Å². The largest absolute Gasteiger partial charge is 0.494 e. The van der Waals surface area contributed by atoms with Crippen molar-refractivity contribution in [1.29, 1.82) is 0 Å². The lowest BCUT2D eigenvalue weighted by Gasteiger charge is -2.25. The van der Waals surface area contributed by atoms with Gasteiger partial charge in [-0.15, -0.1) is 0 Å². The Labute approximate surface area is 209 Å². The van der Waals surface area contributed by atoms with Crippen LogP contribution in [0, 0.1) is 11.7 Å². The number of pyridine rings is 1. The maximum absolute atomic E-state index is 14.0. The van der Waals surface area contributed by atoms with Crippen LogP contribution in [-0.4, -0.2) is 35.7 Å². The van der Waals surface area contributed by atoms with Gasteiger partial charge in [0.15, 0.2) is 11.6 Å². The van der Waals surface area contributed by atoms with Gasteiger partial charge in [-0.3, -0.25) is 4.79 Å². The van der Waals surface area contributed by atoms with Crippen LogP contribution >= 0.6 is 11.6 Å². The summed E-state index contributed by atoms with van der Waals surface area (Å²) >= 11 is 6.38. The predicted octanol–water partition coefficient (Wildman–Crippen LogP) is 6.19. The minimum Gasteiger partial charge on any atom is -0.494 e. The number of carbonyl (C=O) groups is 2. The van der Waals surface area contributed by atoms with Crippen molar-refractivity contribution < 1.29 is 23.5 Å². The fourth-order valence-corrected chi connectivity index (χ4v) is 3.66. The summed E-state index contributed by atoms with van der Waals surface area (Å²) in [5.74, 6) is -0.958. The number of halogens is 2. The van der Waals surface area contributed by atoms with E-state index in [1.807, 2.05) is 13.8 Å². The molecule has 1 unspecified atom stereocenters. The number of alkyl carbamates (subject to hydrolysis) is 1. The lowest BCUT2D eigenvalue weighted by Crippen LogP contribution is -2.48. The van der Waals surface area contributed by atoms with Crippen molar-refractivity contribution in [3.8, 4) is 17.0 Å². The molecule has 0 fully saturated rings. The smallest absolute Gasteiger partial charge is 0.408 e. The molecule has 3 aromatic rings. The van der Waals surface area contributed by atoms with E-state index in [9.17, 15) is 14.0 Å². The lowest BCUT2D eigenvalue weighted by molar-refractivity contribution is -0.119. The van der Waals surface area contributed by atoms with E-state index in [-0.39, 0.29) is 17.6 Å². The van der Waals surface area contributed by atoms with Gasteiger partial charge in [0.25, 0.3) is 0 Å². The molecule has 1 aromatic heterocycles. The summed E-state index contributed by atoms with van der Waals surface area (Å²) in [7, 11) is 1.38. The zero-order valence-corrected chi connectivity index (χ0v) is 21.3. The summed E-state index contributed by atoms with van der Waals surface area (Å²) in [4.78, 5) is 29.6. The van der Waals surface area contributed by atoms with Crippen LogP contribution in [0.15, 0.2) is 42.5 Å². The van der Waals surface area contributed by atoms with Crippen molar-refractivity contribution in [3.05, 3.63) is 53.3 Å². The van der Waals surface area contributed by atoms with Crippen LogP contribution in [0.4, 0.5) is 14.9 Å². The maximum Gasteiger partial charge on any atom is 0.408 e. The van der Waals surface area contributed by atoms with E-state index in [2.05, 4.69) is 15.6 Å². The fraction of sp³-hybridized carbons (Fsp3) is 0.346. The van der Waals surface area contributed by atoms with Crippen molar-refractivity contribution >= 4 is 40.2 Å². The highest BCUT2D eigenvalue weighted by Crippen LogP contribution is 2.32. The number of hydrogen-bond donors (Lipinski definition) is 2. The molecule has 0 radical (unpaired) electrons. The van der Waals surface area contributed by atoms with Crippen molar-refractivity contribution in [2.75, 3.05) is 12.4 Å². The number of nitrogens with one attached hydrogen (secondary N) is 2. The molecule has 0 aliphatic heterocycles. The van der Waals surface area contributed by atoms with Gasteiger partial charge in [-0.2, -0.15) is 0 Å². The van der Waals surface area contributed by atoms with Crippen LogP contribution in [0.3, 0.4) is 0 Å². The quantitative estimate of drug-likeness (QED) is 0.420. The number of hydrogen-bond acceptors (Lipinski definition) is 5. The molecule has 3 rings (SSSR count). The van der Waals surface area contributed by atoms with E-state index < -0.39 is 23.6 Å². The third kappa shape index (κ3) is 6.60. The first kappa shape index (κ1) is 26.2. The van der Waals surface area contributed by atoms with E-state index in [0.29, 0.717) is 27.3 Å². The average Bonchev–Trinajstić information content (AvgIpc) is 2.76. The second kappa shape index (κ2) is 10.5. The Morgan fingerprint density at radius 2 is 1.74 bits per heavy atom. The first-order chi connectivity index (χ1) is 16.4. The Kier molecular flexibility index (Phi) is 7.85. The zero-order valence-electron chi connectivity index (χ0n) is 20.5. The number of anilines is 1. The molecular formula is C26H29ClFN3O4. The van der Waals surface area contributed by atoms with Gasteiger partial charge in [0, 0.05) is 22.7 Å². The number of ether oxygens (including phenoxy) is 2. The highest BCUT2D eigenvalue weighted by atomic mass is 35.5. The summed E-state index contributed by atoms with van der Waals surface area (Å²) in [6.07, 6.45) is -0.655. The summed E-state index contributed by atoms with van der Waals surface area (Å²) in [6.45, 7) is 8.93. The highest BCUT2D eigenvalue weighted by molar-refractivity contribution is 6.35. The SMILES string of the molecule is COc1cc2nc(-c3ccc(NC(=O)C(NC(=O)OC(C)(C)C)C(C)C)cc3)cc(Cl)c2cc1F. The van der Waals surface area contributed by atoms with Gasteiger partial charge in [0.2, 0.25) is 5.91 Å². The number of aromatic nitrogens is 1. The Morgan fingerprint density at radius 1 is 1.09 bits per heavy atom. The van der Waals surface area contributed by atoms with E-state index in [4.69, 9.17) is 21.1 Å². The third-order valence-electron chi connectivity index (χ3n) is 5.10. The summed E-state index contributed by atoms with van der Waals surface area (Å²) in [6, 6.07) is 10.7. The van der Waals surface area contributed by atoms with Crippen molar-refractivity contribution in [2.45, 2.75) is 46.3 Å². The van der Waals surface area contributed by atoms with Crippen molar-refractivity contribution in [3.63, 3.8) is 0 Å².